The van der Waals surface area contributed by atoms with Gasteiger partial charge in [0.05, 0.1) is 0 Å². The fourth-order valence-corrected chi connectivity index (χ4v) is 8.80. The van der Waals surface area contributed by atoms with Gasteiger partial charge in [0.15, 0.2) is 5.78 Å². The maximum absolute atomic E-state index is 14.9. The van der Waals surface area contributed by atoms with Gasteiger partial charge in [0.1, 0.15) is 18.1 Å². The Morgan fingerprint density at radius 3 is 1.43 bits per heavy atom. The lowest BCUT2D eigenvalue weighted by atomic mass is 9.72. The molecule has 0 aliphatic rings. The molecule has 0 spiro atoms. The number of ether oxygens (including phenoxy) is 1. The van der Waals surface area contributed by atoms with E-state index >= 15 is 0 Å². The van der Waals surface area contributed by atoms with Crippen LogP contribution in [0, 0.1) is 16.7 Å². The van der Waals surface area contributed by atoms with Gasteiger partial charge in [-0.2, -0.15) is 0 Å². The van der Waals surface area contributed by atoms with E-state index in [1.807, 2.05) is 92.7 Å². The first kappa shape index (κ1) is 38.2. The summed E-state index contributed by atoms with van der Waals surface area (Å²) in [5, 5.41) is 2.82. The van der Waals surface area contributed by atoms with Crippen LogP contribution in [0.3, 0.4) is 0 Å². The lowest BCUT2D eigenvalue weighted by molar-refractivity contribution is 0.135. The summed E-state index contributed by atoms with van der Waals surface area (Å²) in [6, 6.07) is 24.8. The molecule has 0 saturated heterocycles. The molecule has 6 nitrogen and oxygen atoms in total. The molecule has 1 atom stereocenters. The smallest absolute Gasteiger partial charge is 0.445 e. The number of carbonyl (C=O) groups is 1. The fraction of sp³-hybridized carbons (Fsp3) is 0.525. The Labute approximate surface area is 284 Å². The van der Waals surface area contributed by atoms with E-state index in [1.165, 1.54) is 0 Å². The van der Waals surface area contributed by atoms with Crippen LogP contribution in [0.15, 0.2) is 78.9 Å². The average molecular weight is 664 g/mol. The van der Waals surface area contributed by atoms with Crippen LogP contribution in [0.1, 0.15) is 113 Å². The second kappa shape index (κ2) is 14.9. The van der Waals surface area contributed by atoms with E-state index in [1.54, 1.807) is 0 Å². The Morgan fingerprint density at radius 2 is 1.06 bits per heavy atom. The van der Waals surface area contributed by atoms with E-state index in [4.69, 9.17) is 13.8 Å². The van der Waals surface area contributed by atoms with Gasteiger partial charge in [-0.1, -0.05) is 138 Å². The normalized spacial score (nSPS) is 13.6. The van der Waals surface area contributed by atoms with Crippen molar-refractivity contribution in [2.75, 3.05) is 0 Å². The minimum atomic E-state index is -4.07. The van der Waals surface area contributed by atoms with Crippen molar-refractivity contribution in [3.63, 3.8) is 0 Å². The van der Waals surface area contributed by atoms with E-state index in [2.05, 4.69) is 74.6 Å². The number of nitrogens with one attached hydrogen (secondary N) is 1. The van der Waals surface area contributed by atoms with Crippen LogP contribution in [0.5, 0.6) is 11.5 Å². The molecule has 0 radical (unpaired) electrons. The maximum atomic E-state index is 14.9. The molecule has 0 aliphatic heterocycles. The average Bonchev–Trinajstić information content (AvgIpc) is 2.93. The van der Waals surface area contributed by atoms with Crippen molar-refractivity contribution >= 4 is 13.7 Å². The summed E-state index contributed by atoms with van der Waals surface area (Å²) in [6.07, 6.45) is 1.29. The van der Waals surface area contributed by atoms with Gasteiger partial charge in [0.2, 0.25) is 0 Å². The zero-order chi connectivity index (χ0) is 35.3. The Bertz CT molecular complexity index is 1400. The zero-order valence-electron chi connectivity index (χ0n) is 30.8. The van der Waals surface area contributed by atoms with Crippen molar-refractivity contribution in [3.05, 3.63) is 95.6 Å². The summed E-state index contributed by atoms with van der Waals surface area (Å²) in [5.41, 5.74) is 3.35. The lowest BCUT2D eigenvalue weighted by Crippen LogP contribution is -2.41. The lowest BCUT2D eigenvalue weighted by Gasteiger charge is -2.33. The molecule has 0 aromatic heterocycles. The number of benzene rings is 3. The van der Waals surface area contributed by atoms with Crippen LogP contribution < -0.4 is 14.4 Å². The summed E-state index contributed by atoms with van der Waals surface area (Å²) < 4.78 is 33.0. The first-order valence-electron chi connectivity index (χ1n) is 16.8. The minimum absolute atomic E-state index is 0.0655. The Kier molecular flexibility index (Phi) is 12.1. The highest BCUT2D eigenvalue weighted by Crippen LogP contribution is 2.54. The topological polar surface area (TPSA) is 73.9 Å². The van der Waals surface area contributed by atoms with E-state index in [-0.39, 0.29) is 34.2 Å². The molecule has 0 heterocycles. The first-order valence-corrected chi connectivity index (χ1v) is 18.4. The van der Waals surface area contributed by atoms with Crippen LogP contribution in [0.4, 0.5) is 4.79 Å². The predicted molar refractivity (Wildman–Crippen MR) is 194 cm³/mol. The molecule has 0 aliphatic carbocycles. The van der Waals surface area contributed by atoms with E-state index in [0.29, 0.717) is 11.5 Å². The third-order valence-electron chi connectivity index (χ3n) is 8.13. The molecule has 47 heavy (non-hydrogen) atoms. The van der Waals surface area contributed by atoms with Crippen LogP contribution in [0.25, 0.3) is 0 Å². The molecule has 0 unspecified atom stereocenters. The molecule has 0 bridgehead atoms. The summed E-state index contributed by atoms with van der Waals surface area (Å²) >= 11 is 0. The minimum Gasteiger partial charge on any atom is -0.445 e. The summed E-state index contributed by atoms with van der Waals surface area (Å²) in [5.74, 6) is -0.492. The third kappa shape index (κ3) is 11.7. The predicted octanol–water partition coefficient (Wildman–Crippen LogP) is 11.7. The maximum Gasteiger partial charge on any atom is 0.453 e. The second-order valence-electron chi connectivity index (χ2n) is 16.9. The number of hydrogen-bond donors (Lipinski definition) is 1. The van der Waals surface area contributed by atoms with Crippen molar-refractivity contribution in [1.29, 1.82) is 0 Å². The second-order valence-corrected chi connectivity index (χ2v) is 18.9. The zero-order valence-corrected chi connectivity index (χ0v) is 31.7. The highest BCUT2D eigenvalue weighted by atomic mass is 31.2. The number of alkyl carbamates (subject to hydrolysis) is 1. The molecule has 7 heteroatoms. The van der Waals surface area contributed by atoms with Crippen LogP contribution in [-0.4, -0.2) is 11.9 Å². The number of rotatable bonds is 13. The molecule has 0 saturated carbocycles. The van der Waals surface area contributed by atoms with E-state index in [0.717, 1.165) is 29.5 Å². The van der Waals surface area contributed by atoms with Crippen LogP contribution >= 0.6 is 7.60 Å². The molecule has 1 amide bonds. The molecular formula is C40H58NO5P. The molecule has 0 fully saturated rings. The van der Waals surface area contributed by atoms with Crippen molar-refractivity contribution in [3.8, 4) is 11.5 Å². The van der Waals surface area contributed by atoms with Gasteiger partial charge in [-0.05, 0) is 81.4 Å². The largest absolute Gasteiger partial charge is 0.453 e. The van der Waals surface area contributed by atoms with E-state index in [9.17, 15) is 9.36 Å². The fourth-order valence-electron chi connectivity index (χ4n) is 6.71. The number of hydrogen-bond acceptors (Lipinski definition) is 5. The van der Waals surface area contributed by atoms with Crippen molar-refractivity contribution < 1.29 is 23.1 Å². The Morgan fingerprint density at radius 1 is 0.660 bits per heavy atom. The molecule has 3 aromatic carbocycles. The van der Waals surface area contributed by atoms with Gasteiger partial charge in [0, 0.05) is 0 Å². The van der Waals surface area contributed by atoms with Gasteiger partial charge in [-0.3, -0.25) is 0 Å². The monoisotopic (exact) mass is 663 g/mol. The molecular weight excluding hydrogens is 605 g/mol. The van der Waals surface area contributed by atoms with Gasteiger partial charge >= 0.3 is 13.7 Å². The van der Waals surface area contributed by atoms with Crippen molar-refractivity contribution in [2.24, 2.45) is 16.7 Å². The van der Waals surface area contributed by atoms with E-state index < -0.39 is 19.5 Å². The van der Waals surface area contributed by atoms with Crippen molar-refractivity contribution in [2.45, 2.75) is 119 Å². The molecule has 3 rings (SSSR count). The summed E-state index contributed by atoms with van der Waals surface area (Å²) in [4.78, 5) is 13.1. The van der Waals surface area contributed by atoms with Crippen LogP contribution in [0.2, 0.25) is 0 Å². The standard InChI is InChI=1S/C40H58NO5P/c1-29(2)35(41-36(42)44-26-30-16-14-13-15-17-30)47(43,45-33-22-18-31(19-23-33)39(9,10)27-37(3,4)5)46-34-24-20-32(21-25-34)40(11,12)28-38(6,7)8/h13-25,29,35H,26-28H2,1-12H3,(H,41,42)/t35-/m0/s1. The highest BCUT2D eigenvalue weighted by molar-refractivity contribution is 7.55. The SMILES string of the molecule is CC(C)[C@@H](NC(=O)OCc1ccccc1)P(=O)(Oc1ccc(C(C)(C)CC(C)(C)C)cc1)Oc1ccc(C(C)(C)CC(C)(C)C)cc1. The van der Waals surface area contributed by atoms with Gasteiger partial charge in [-0.15, -0.1) is 0 Å². The third-order valence-corrected chi connectivity index (χ3v) is 10.5. The Hall–Kier alpha value is -3.24. The summed E-state index contributed by atoms with van der Waals surface area (Å²) in [7, 11) is -4.07. The van der Waals surface area contributed by atoms with Gasteiger partial charge in [0.25, 0.3) is 0 Å². The first-order chi connectivity index (χ1) is 21.6. The molecule has 1 N–H and O–H groups in total. The van der Waals surface area contributed by atoms with Crippen LogP contribution in [-0.2, 0) is 26.7 Å². The molecule has 3 aromatic rings. The summed E-state index contributed by atoms with van der Waals surface area (Å²) in [6.45, 7) is 26.2. The number of carbonyl (C=O) groups excluding carboxylic acids is 1. The van der Waals surface area contributed by atoms with Gasteiger partial charge < -0.3 is 19.1 Å². The van der Waals surface area contributed by atoms with Crippen molar-refractivity contribution in [1.82, 2.24) is 5.32 Å². The van der Waals surface area contributed by atoms with Gasteiger partial charge in [-0.25, -0.2) is 9.36 Å². The quantitative estimate of drug-likeness (QED) is 0.184. The number of amides is 1. The Balaban J connectivity index is 1.93. The highest BCUT2D eigenvalue weighted by Gasteiger charge is 2.43. The molecule has 258 valence electrons.